The smallest absolute Gasteiger partial charge is 0.341 e. The number of nitrogens with one attached hydrogen (secondary N) is 1. The molecule has 1 saturated heterocycles. The van der Waals surface area contributed by atoms with Crippen LogP contribution in [0, 0.1) is 12.7 Å². The van der Waals surface area contributed by atoms with Gasteiger partial charge in [-0.25, -0.2) is 9.18 Å². The van der Waals surface area contributed by atoms with Gasteiger partial charge in [-0.05, 0) is 20.9 Å². The molecule has 2 unspecified atom stereocenters. The minimum atomic E-state index is -0.598. The molecule has 1 N–H and O–H groups in total. The van der Waals surface area contributed by atoms with Gasteiger partial charge in [0.2, 0.25) is 5.91 Å². The number of benzene rings is 1. The van der Waals surface area contributed by atoms with E-state index in [1.165, 1.54) is 18.5 Å². The summed E-state index contributed by atoms with van der Waals surface area (Å²) < 4.78 is 16.3. The highest BCUT2D eigenvalue weighted by Crippen LogP contribution is 2.42. The predicted octanol–water partition coefficient (Wildman–Crippen LogP) is 1.50. The molecule has 7 nitrogen and oxygen atoms in total. The first-order chi connectivity index (χ1) is 12.2. The quantitative estimate of drug-likeness (QED) is 0.751. The van der Waals surface area contributed by atoms with Crippen LogP contribution < -0.4 is 15.9 Å². The monoisotopic (exact) mass is 379 g/mol. The number of amides is 1. The lowest BCUT2D eigenvalue weighted by Gasteiger charge is -2.42. The topological polar surface area (TPSA) is 70.5 Å². The second-order valence-electron chi connectivity index (χ2n) is 7.07. The molecule has 0 radical (unpaired) electrons. The molecule has 0 spiro atoms. The third-order valence-electron chi connectivity index (χ3n) is 5.49. The van der Waals surface area contributed by atoms with Gasteiger partial charge >= 0.3 is 5.69 Å². The van der Waals surface area contributed by atoms with Crippen LogP contribution in [0.3, 0.4) is 0 Å². The Morgan fingerprint density at radius 3 is 2.65 bits per heavy atom. The molecule has 138 valence electrons. The number of rotatable bonds is 0. The van der Waals surface area contributed by atoms with Crippen molar-refractivity contribution >= 4 is 39.9 Å². The first-order valence-corrected chi connectivity index (χ1v) is 8.76. The predicted molar refractivity (Wildman–Crippen MR) is 98.5 cm³/mol. The summed E-state index contributed by atoms with van der Waals surface area (Å²) in [6.07, 6.45) is 0. The first-order valence-electron chi connectivity index (χ1n) is 8.38. The van der Waals surface area contributed by atoms with Gasteiger partial charge < -0.3 is 10.2 Å². The molecule has 2 aliphatic rings. The van der Waals surface area contributed by atoms with Gasteiger partial charge in [0.15, 0.2) is 5.82 Å². The fraction of sp³-hybridized carbons (Fsp3) is 0.471. The molecule has 0 saturated carbocycles. The molecular formula is C17H19ClFN5O2. The molecule has 2 aromatic rings. The maximum absolute atomic E-state index is 15.0. The van der Waals surface area contributed by atoms with Gasteiger partial charge in [0.25, 0.3) is 0 Å². The van der Waals surface area contributed by atoms with E-state index in [1.54, 1.807) is 4.90 Å². The van der Waals surface area contributed by atoms with E-state index in [-0.39, 0.29) is 28.2 Å². The van der Waals surface area contributed by atoms with Crippen LogP contribution in [0.15, 0.2) is 4.79 Å². The largest absolute Gasteiger partial charge is 0.349 e. The van der Waals surface area contributed by atoms with Crippen molar-refractivity contribution in [2.75, 3.05) is 30.4 Å². The molecule has 1 aromatic heterocycles. The number of hydrogen-bond donors (Lipinski definition) is 1. The minimum absolute atomic E-state index is 0.0368. The number of carbonyl (C=O) groups excluding carboxylic acids is 1. The Hall–Kier alpha value is -2.19. The van der Waals surface area contributed by atoms with Crippen molar-refractivity contribution in [2.45, 2.75) is 25.9 Å². The highest BCUT2D eigenvalue weighted by Gasteiger charge is 2.40. The molecule has 2 atom stereocenters. The van der Waals surface area contributed by atoms with Gasteiger partial charge in [-0.15, -0.1) is 0 Å². The molecule has 2 aliphatic heterocycles. The lowest BCUT2D eigenvalue weighted by molar-refractivity contribution is -0.118. The molecular weight excluding hydrogens is 361 g/mol. The maximum Gasteiger partial charge on any atom is 0.349 e. The van der Waals surface area contributed by atoms with Gasteiger partial charge in [-0.3, -0.25) is 14.3 Å². The molecule has 9 heteroatoms. The zero-order valence-corrected chi connectivity index (χ0v) is 15.7. The van der Waals surface area contributed by atoms with Crippen LogP contribution in [0.1, 0.15) is 12.5 Å². The number of aromatic nitrogens is 2. The van der Waals surface area contributed by atoms with Gasteiger partial charge in [0, 0.05) is 31.7 Å². The van der Waals surface area contributed by atoms with E-state index in [2.05, 4.69) is 15.2 Å². The van der Waals surface area contributed by atoms with Gasteiger partial charge in [0.1, 0.15) is 11.9 Å². The van der Waals surface area contributed by atoms with Crippen LogP contribution in [-0.4, -0.2) is 52.6 Å². The summed E-state index contributed by atoms with van der Waals surface area (Å²) >= 11 is 6.38. The SMILES string of the molecule is Cc1c(F)c2c3c(nc(=O)n(C)c3c1Cl)N1CC(C)N(C)CC1C(=O)N2. The Morgan fingerprint density at radius 2 is 1.96 bits per heavy atom. The van der Waals surface area contributed by atoms with Crippen LogP contribution in [0.2, 0.25) is 5.02 Å². The lowest BCUT2D eigenvalue weighted by Crippen LogP contribution is -2.60. The minimum Gasteiger partial charge on any atom is -0.341 e. The van der Waals surface area contributed by atoms with E-state index in [1.807, 2.05) is 14.0 Å². The standard InChI is InChI=1S/C17H19ClFN5O2/c1-7-5-24-9(6-22(7)3)16(25)20-13-10-14(11(18)8(2)12(13)19)23(4)17(26)21-15(10)24/h7,9H,5-6H2,1-4H3,(H,20,25). The molecule has 0 bridgehead atoms. The van der Waals surface area contributed by atoms with E-state index in [0.29, 0.717) is 29.8 Å². The number of likely N-dealkylation sites (N-methyl/N-ethyl adjacent to an activating group) is 1. The van der Waals surface area contributed by atoms with Gasteiger partial charge in [-0.2, -0.15) is 4.98 Å². The summed E-state index contributed by atoms with van der Waals surface area (Å²) in [4.78, 5) is 33.3. The summed E-state index contributed by atoms with van der Waals surface area (Å²) in [5, 5.41) is 3.23. The average molecular weight is 380 g/mol. The molecule has 3 heterocycles. The average Bonchev–Trinajstić information content (AvgIpc) is 2.70. The van der Waals surface area contributed by atoms with E-state index < -0.39 is 17.5 Å². The van der Waals surface area contributed by atoms with Gasteiger partial charge in [0.05, 0.1) is 21.6 Å². The third-order valence-corrected chi connectivity index (χ3v) is 5.96. The Labute approximate surface area is 154 Å². The summed E-state index contributed by atoms with van der Waals surface area (Å²) in [7, 11) is 3.47. The molecule has 1 aromatic carbocycles. The molecule has 26 heavy (non-hydrogen) atoms. The molecule has 4 rings (SSSR count). The normalized spacial score (nSPS) is 23.0. The van der Waals surface area contributed by atoms with Crippen LogP contribution in [-0.2, 0) is 11.8 Å². The number of carbonyl (C=O) groups is 1. The number of hydrogen-bond acceptors (Lipinski definition) is 5. The highest BCUT2D eigenvalue weighted by molar-refractivity contribution is 6.37. The molecule has 1 fully saturated rings. The van der Waals surface area contributed by atoms with Crippen LogP contribution in [0.4, 0.5) is 15.9 Å². The Morgan fingerprint density at radius 1 is 1.27 bits per heavy atom. The number of aryl methyl sites for hydroxylation is 1. The number of nitrogens with zero attached hydrogens (tertiary/aromatic N) is 4. The van der Waals surface area contributed by atoms with Crippen molar-refractivity contribution in [1.29, 1.82) is 0 Å². The van der Waals surface area contributed by atoms with Crippen LogP contribution in [0.5, 0.6) is 0 Å². The fourth-order valence-corrected chi connectivity index (χ4v) is 4.05. The highest BCUT2D eigenvalue weighted by atomic mass is 35.5. The van der Waals surface area contributed by atoms with Gasteiger partial charge in [-0.1, -0.05) is 11.6 Å². The van der Waals surface area contributed by atoms with E-state index in [9.17, 15) is 14.0 Å². The molecule has 0 aliphatic carbocycles. The summed E-state index contributed by atoms with van der Waals surface area (Å²) in [5.41, 5.74) is 0.107. The summed E-state index contributed by atoms with van der Waals surface area (Å²) in [5.74, 6) is -0.611. The maximum atomic E-state index is 15.0. The summed E-state index contributed by atoms with van der Waals surface area (Å²) in [6, 6.07) is -0.419. The number of anilines is 2. The lowest BCUT2D eigenvalue weighted by atomic mass is 10.1. The van der Waals surface area contributed by atoms with Crippen molar-refractivity contribution < 1.29 is 9.18 Å². The number of piperazine rings is 1. The zero-order valence-electron chi connectivity index (χ0n) is 14.9. The summed E-state index contributed by atoms with van der Waals surface area (Å²) in [6.45, 7) is 4.50. The van der Waals surface area contributed by atoms with Crippen molar-refractivity contribution in [3.05, 3.63) is 26.9 Å². The number of fused-ring (bicyclic) bond motifs is 2. The van der Waals surface area contributed by atoms with Crippen LogP contribution in [0.25, 0.3) is 10.9 Å². The van der Waals surface area contributed by atoms with E-state index in [4.69, 9.17) is 11.6 Å². The van der Waals surface area contributed by atoms with Crippen molar-refractivity contribution in [1.82, 2.24) is 14.5 Å². The number of halogens is 2. The Balaban J connectivity index is 2.14. The Bertz CT molecular complexity index is 1020. The van der Waals surface area contributed by atoms with Crippen molar-refractivity contribution in [2.24, 2.45) is 7.05 Å². The Kier molecular flexibility index (Phi) is 3.75. The molecule has 1 amide bonds. The van der Waals surface area contributed by atoms with E-state index >= 15 is 0 Å². The second kappa shape index (κ2) is 5.65. The third kappa shape index (κ3) is 2.18. The van der Waals surface area contributed by atoms with E-state index in [0.717, 1.165) is 0 Å². The zero-order chi connectivity index (χ0) is 18.9. The van der Waals surface area contributed by atoms with Crippen molar-refractivity contribution in [3.8, 4) is 0 Å². The fourth-order valence-electron chi connectivity index (χ4n) is 3.74. The first kappa shape index (κ1) is 17.2. The second-order valence-corrected chi connectivity index (χ2v) is 7.45. The van der Waals surface area contributed by atoms with Crippen LogP contribution >= 0.6 is 11.6 Å². The van der Waals surface area contributed by atoms with Crippen molar-refractivity contribution in [3.63, 3.8) is 0 Å².